The van der Waals surface area contributed by atoms with Gasteiger partial charge >= 0.3 is 0 Å². The summed E-state index contributed by atoms with van der Waals surface area (Å²) >= 11 is 1.46. The molecule has 6 nitrogen and oxygen atoms in total. The van der Waals surface area contributed by atoms with Gasteiger partial charge in [0.2, 0.25) is 11.8 Å². The highest BCUT2D eigenvalue weighted by atomic mass is 32.2. The number of hydrogen-bond acceptors (Lipinski definition) is 4. The number of fused-ring (bicyclic) bond motifs is 1. The second kappa shape index (κ2) is 6.37. The highest BCUT2D eigenvalue weighted by molar-refractivity contribution is 8.00. The van der Waals surface area contributed by atoms with E-state index < -0.39 is 5.91 Å². The number of rotatable bonds is 3. The first-order chi connectivity index (χ1) is 11.4. The zero-order valence-corrected chi connectivity index (χ0v) is 13.6. The lowest BCUT2D eigenvalue weighted by atomic mass is 10.1. The van der Waals surface area contributed by atoms with E-state index in [0.29, 0.717) is 22.5 Å². The maximum Gasteiger partial charge on any atom is 0.255 e. The van der Waals surface area contributed by atoms with Gasteiger partial charge in [-0.1, -0.05) is 0 Å². The zero-order valence-electron chi connectivity index (χ0n) is 12.8. The Labute approximate surface area is 142 Å². The first-order valence-electron chi connectivity index (χ1n) is 7.27. The van der Waals surface area contributed by atoms with Gasteiger partial charge in [0, 0.05) is 21.7 Å². The molecule has 0 bridgehead atoms. The Morgan fingerprint density at radius 3 is 2.46 bits per heavy atom. The van der Waals surface area contributed by atoms with Gasteiger partial charge in [-0.2, -0.15) is 0 Å². The van der Waals surface area contributed by atoms with Crippen molar-refractivity contribution < 1.29 is 14.4 Å². The summed E-state index contributed by atoms with van der Waals surface area (Å²) in [6.07, 6.45) is 0. The summed E-state index contributed by atoms with van der Waals surface area (Å²) in [7, 11) is 0. The minimum Gasteiger partial charge on any atom is -0.366 e. The topological polar surface area (TPSA) is 101 Å². The molecule has 4 N–H and O–H groups in total. The maximum absolute atomic E-state index is 12.3. The smallest absolute Gasteiger partial charge is 0.255 e. The Kier molecular flexibility index (Phi) is 4.26. The van der Waals surface area contributed by atoms with Crippen molar-refractivity contribution in [3.05, 3.63) is 53.6 Å². The number of amides is 3. The Hall–Kier alpha value is -2.80. The number of benzene rings is 2. The van der Waals surface area contributed by atoms with E-state index >= 15 is 0 Å². The predicted octanol–water partition coefficient (Wildman–Crippen LogP) is 2.47. The van der Waals surface area contributed by atoms with Crippen molar-refractivity contribution in [3.63, 3.8) is 0 Å². The summed E-state index contributed by atoms with van der Waals surface area (Å²) in [4.78, 5) is 36.1. The number of anilines is 2. The lowest BCUT2D eigenvalue weighted by Gasteiger charge is -2.21. The summed E-state index contributed by atoms with van der Waals surface area (Å²) < 4.78 is 0. The van der Waals surface area contributed by atoms with E-state index in [0.717, 1.165) is 4.90 Å². The fraction of sp³-hybridized carbons (Fsp3) is 0.118. The van der Waals surface area contributed by atoms with Crippen LogP contribution in [0.25, 0.3) is 0 Å². The normalized spacial score (nSPS) is 16.0. The molecular weight excluding hydrogens is 326 g/mol. The first-order valence-corrected chi connectivity index (χ1v) is 8.15. The van der Waals surface area contributed by atoms with Crippen LogP contribution < -0.4 is 16.4 Å². The molecule has 0 saturated heterocycles. The molecule has 3 amide bonds. The Morgan fingerprint density at radius 1 is 1.12 bits per heavy atom. The van der Waals surface area contributed by atoms with Crippen LogP contribution in [0.3, 0.4) is 0 Å². The summed E-state index contributed by atoms with van der Waals surface area (Å²) in [5, 5.41) is 5.39. The third-order valence-electron chi connectivity index (χ3n) is 3.60. The molecule has 122 valence electrons. The van der Waals surface area contributed by atoms with E-state index in [9.17, 15) is 14.4 Å². The summed E-state index contributed by atoms with van der Waals surface area (Å²) in [6.45, 7) is 1.83. The first kappa shape index (κ1) is 16.1. The van der Waals surface area contributed by atoms with E-state index in [1.807, 2.05) is 13.0 Å². The molecule has 0 fully saturated rings. The van der Waals surface area contributed by atoms with Crippen LogP contribution in [0.2, 0.25) is 0 Å². The molecule has 0 radical (unpaired) electrons. The van der Waals surface area contributed by atoms with Crippen molar-refractivity contribution in [2.45, 2.75) is 17.1 Å². The van der Waals surface area contributed by atoms with E-state index in [-0.39, 0.29) is 17.1 Å². The second-order valence-corrected chi connectivity index (χ2v) is 6.74. The molecule has 24 heavy (non-hydrogen) atoms. The molecule has 3 rings (SSSR count). The van der Waals surface area contributed by atoms with Crippen LogP contribution in [-0.2, 0) is 4.79 Å². The van der Waals surface area contributed by atoms with E-state index in [1.54, 1.807) is 36.4 Å². The van der Waals surface area contributed by atoms with Gasteiger partial charge in [-0.05, 0) is 49.4 Å². The number of primary amides is 1. The number of thioether (sulfide) groups is 1. The SMILES string of the molecule is CC1Sc2ccc(C(=O)Nc3ccc(C(N)=O)cc3)cc2NC1=O. The van der Waals surface area contributed by atoms with Crippen LogP contribution in [0.5, 0.6) is 0 Å². The molecule has 0 spiro atoms. The molecule has 2 aromatic rings. The Bertz CT molecular complexity index is 833. The highest BCUT2D eigenvalue weighted by Gasteiger charge is 2.23. The predicted molar refractivity (Wildman–Crippen MR) is 93.3 cm³/mol. The average molecular weight is 341 g/mol. The van der Waals surface area contributed by atoms with Crippen molar-refractivity contribution in [1.82, 2.24) is 0 Å². The highest BCUT2D eigenvalue weighted by Crippen LogP contribution is 2.36. The minimum absolute atomic E-state index is 0.0768. The number of nitrogens with two attached hydrogens (primary N) is 1. The van der Waals surface area contributed by atoms with Crippen LogP contribution in [-0.4, -0.2) is 23.0 Å². The molecule has 0 aliphatic carbocycles. The molecule has 2 aromatic carbocycles. The third kappa shape index (κ3) is 3.26. The number of nitrogens with one attached hydrogen (secondary N) is 2. The van der Waals surface area contributed by atoms with Crippen molar-refractivity contribution in [3.8, 4) is 0 Å². The van der Waals surface area contributed by atoms with Crippen LogP contribution in [0.4, 0.5) is 11.4 Å². The average Bonchev–Trinajstić information content (AvgIpc) is 2.56. The molecule has 1 atom stereocenters. The van der Waals surface area contributed by atoms with E-state index in [4.69, 9.17) is 5.73 Å². The van der Waals surface area contributed by atoms with Crippen LogP contribution >= 0.6 is 11.8 Å². The van der Waals surface area contributed by atoms with Crippen molar-refractivity contribution >= 4 is 40.9 Å². The van der Waals surface area contributed by atoms with Gasteiger partial charge in [0.05, 0.1) is 10.9 Å². The lowest BCUT2D eigenvalue weighted by Crippen LogP contribution is -2.26. The van der Waals surface area contributed by atoms with Crippen molar-refractivity contribution in [2.75, 3.05) is 10.6 Å². The van der Waals surface area contributed by atoms with Crippen LogP contribution in [0.15, 0.2) is 47.4 Å². The van der Waals surface area contributed by atoms with E-state index in [1.165, 1.54) is 11.8 Å². The molecule has 1 aliphatic rings. The van der Waals surface area contributed by atoms with Gasteiger partial charge in [-0.15, -0.1) is 11.8 Å². The number of carbonyl (C=O) groups is 3. The minimum atomic E-state index is -0.523. The number of carbonyl (C=O) groups excluding carboxylic acids is 3. The van der Waals surface area contributed by atoms with E-state index in [2.05, 4.69) is 10.6 Å². The van der Waals surface area contributed by atoms with Gasteiger partial charge in [0.1, 0.15) is 0 Å². The lowest BCUT2D eigenvalue weighted by molar-refractivity contribution is -0.115. The largest absolute Gasteiger partial charge is 0.366 e. The van der Waals surface area contributed by atoms with Gasteiger partial charge in [0.25, 0.3) is 5.91 Å². The third-order valence-corrected chi connectivity index (χ3v) is 4.78. The molecular formula is C17H15N3O3S. The van der Waals surface area contributed by atoms with Gasteiger partial charge < -0.3 is 16.4 Å². The molecule has 7 heteroatoms. The summed E-state index contributed by atoms with van der Waals surface area (Å²) in [5.41, 5.74) is 7.17. The van der Waals surface area contributed by atoms with Crippen LogP contribution in [0, 0.1) is 0 Å². The molecule has 0 saturated carbocycles. The quantitative estimate of drug-likeness (QED) is 0.798. The number of hydrogen-bond donors (Lipinski definition) is 3. The monoisotopic (exact) mass is 341 g/mol. The molecule has 1 heterocycles. The van der Waals surface area contributed by atoms with Gasteiger partial charge in [-0.3, -0.25) is 14.4 Å². The molecule has 1 aliphatic heterocycles. The van der Waals surface area contributed by atoms with Crippen LogP contribution in [0.1, 0.15) is 27.6 Å². The summed E-state index contributed by atoms with van der Waals surface area (Å²) in [6, 6.07) is 11.5. The second-order valence-electron chi connectivity index (χ2n) is 5.36. The Balaban J connectivity index is 1.77. The zero-order chi connectivity index (χ0) is 17.3. The van der Waals surface area contributed by atoms with Crippen molar-refractivity contribution in [1.29, 1.82) is 0 Å². The van der Waals surface area contributed by atoms with Crippen molar-refractivity contribution in [2.24, 2.45) is 5.73 Å². The van der Waals surface area contributed by atoms with Gasteiger partial charge in [0.15, 0.2) is 0 Å². The maximum atomic E-state index is 12.3. The standard InChI is InChI=1S/C17H15N3O3S/c1-9-16(22)20-13-8-11(4-7-14(13)24-9)17(23)19-12-5-2-10(3-6-12)15(18)21/h2-9H,1H3,(H2,18,21)(H,19,23)(H,20,22). The fourth-order valence-electron chi connectivity index (χ4n) is 2.27. The fourth-order valence-corrected chi connectivity index (χ4v) is 3.20. The Morgan fingerprint density at radius 2 is 1.79 bits per heavy atom. The summed E-state index contributed by atoms with van der Waals surface area (Å²) in [5.74, 6) is -0.903. The molecule has 0 aromatic heterocycles. The molecule has 1 unspecified atom stereocenters. The van der Waals surface area contributed by atoms with Gasteiger partial charge in [-0.25, -0.2) is 0 Å².